The number of para-hydroxylation sites is 1. The van der Waals surface area contributed by atoms with E-state index in [0.717, 1.165) is 10.5 Å². The van der Waals surface area contributed by atoms with Crippen molar-refractivity contribution in [3.05, 3.63) is 123 Å². The predicted octanol–water partition coefficient (Wildman–Crippen LogP) is 4.56. The summed E-state index contributed by atoms with van der Waals surface area (Å²) >= 11 is 0. The van der Waals surface area contributed by atoms with Crippen LogP contribution in [0.3, 0.4) is 0 Å². The highest BCUT2D eigenvalue weighted by Crippen LogP contribution is 2.43. The summed E-state index contributed by atoms with van der Waals surface area (Å²) in [5.41, 5.74) is 1.28. The van der Waals surface area contributed by atoms with Crippen molar-refractivity contribution in [1.82, 2.24) is 9.36 Å². The second kappa shape index (κ2) is 9.05. The van der Waals surface area contributed by atoms with Gasteiger partial charge in [0.25, 0.3) is 17.2 Å². The first-order chi connectivity index (χ1) is 17.7. The van der Waals surface area contributed by atoms with Gasteiger partial charge in [0.05, 0.1) is 23.0 Å². The Morgan fingerprint density at radius 1 is 0.865 bits per heavy atom. The second-order valence-corrected chi connectivity index (χ2v) is 8.97. The van der Waals surface area contributed by atoms with E-state index in [0.29, 0.717) is 16.9 Å². The highest BCUT2D eigenvalue weighted by molar-refractivity contribution is 6.51. The lowest BCUT2D eigenvalue weighted by Gasteiger charge is -2.24. The van der Waals surface area contributed by atoms with Crippen molar-refractivity contribution in [2.24, 2.45) is 7.05 Å². The maximum atomic E-state index is 15.2. The molecule has 1 aromatic heterocycles. The molecule has 1 atom stereocenters. The molecule has 1 fully saturated rings. The fourth-order valence-electron chi connectivity index (χ4n) is 4.75. The summed E-state index contributed by atoms with van der Waals surface area (Å²) in [6, 6.07) is 19.9. The molecule has 1 saturated heterocycles. The van der Waals surface area contributed by atoms with Crippen LogP contribution in [0.2, 0.25) is 0 Å². The minimum absolute atomic E-state index is 0.00993. The molecule has 7 nitrogen and oxygen atoms in total. The number of aliphatic hydroxyl groups is 1. The zero-order valence-corrected chi connectivity index (χ0v) is 20.5. The number of aromatic nitrogens is 2. The number of carbonyl (C=O) groups excluding carboxylic acids is 2. The van der Waals surface area contributed by atoms with Crippen LogP contribution in [0.1, 0.15) is 28.4 Å². The van der Waals surface area contributed by atoms with Crippen LogP contribution in [0.15, 0.2) is 89.2 Å². The third kappa shape index (κ3) is 3.78. The normalized spacial score (nSPS) is 17.0. The molecule has 1 amide bonds. The summed E-state index contributed by atoms with van der Waals surface area (Å²) in [5, 5.41) is 11.2. The topological polar surface area (TPSA) is 84.5 Å². The van der Waals surface area contributed by atoms with Crippen LogP contribution in [0.5, 0.6) is 0 Å². The van der Waals surface area contributed by atoms with Gasteiger partial charge in [-0.25, -0.2) is 9.07 Å². The van der Waals surface area contributed by atoms with Gasteiger partial charge in [0, 0.05) is 18.2 Å². The van der Waals surface area contributed by atoms with E-state index in [2.05, 4.69) is 0 Å². The van der Waals surface area contributed by atoms with Gasteiger partial charge in [-0.15, -0.1) is 0 Å². The van der Waals surface area contributed by atoms with Gasteiger partial charge in [-0.3, -0.25) is 24.0 Å². The largest absolute Gasteiger partial charge is 0.507 e. The van der Waals surface area contributed by atoms with Crippen LogP contribution in [-0.4, -0.2) is 26.2 Å². The van der Waals surface area contributed by atoms with Gasteiger partial charge in [0.1, 0.15) is 17.3 Å². The number of halogens is 1. The van der Waals surface area contributed by atoms with E-state index in [4.69, 9.17) is 0 Å². The molecule has 0 unspecified atom stereocenters. The summed E-state index contributed by atoms with van der Waals surface area (Å²) in [6.45, 7) is 3.52. The number of ketones is 1. The number of benzene rings is 3. The van der Waals surface area contributed by atoms with Crippen LogP contribution < -0.4 is 10.5 Å². The molecule has 1 aliphatic rings. The summed E-state index contributed by atoms with van der Waals surface area (Å²) in [5.74, 6) is -3.13. The minimum atomic E-state index is -1.35. The van der Waals surface area contributed by atoms with Gasteiger partial charge < -0.3 is 5.11 Å². The molecule has 1 aliphatic heterocycles. The van der Waals surface area contributed by atoms with Crippen LogP contribution in [0, 0.1) is 19.7 Å². The van der Waals surface area contributed by atoms with Gasteiger partial charge in [-0.2, -0.15) is 0 Å². The maximum Gasteiger partial charge on any atom is 0.300 e. The number of carbonyl (C=O) groups is 2. The number of aliphatic hydroxyl groups excluding tert-OH is 1. The van der Waals surface area contributed by atoms with E-state index < -0.39 is 34.9 Å². The summed E-state index contributed by atoms with van der Waals surface area (Å²) in [7, 11) is 1.66. The number of nitrogens with zero attached hydrogens (tertiary/aromatic N) is 3. The maximum absolute atomic E-state index is 15.2. The third-order valence-electron chi connectivity index (χ3n) is 6.73. The minimum Gasteiger partial charge on any atom is -0.507 e. The summed E-state index contributed by atoms with van der Waals surface area (Å²) in [4.78, 5) is 41.7. The monoisotopic (exact) mass is 497 g/mol. The average Bonchev–Trinajstić information content (AvgIpc) is 3.27. The van der Waals surface area contributed by atoms with Gasteiger partial charge in [-0.05, 0) is 32.0 Å². The Bertz CT molecular complexity index is 1630. The van der Waals surface area contributed by atoms with E-state index in [-0.39, 0.29) is 16.8 Å². The molecular formula is C29H24FN3O4. The molecular weight excluding hydrogens is 473 g/mol. The molecule has 4 aromatic rings. The number of hydrogen-bond donors (Lipinski definition) is 1. The van der Waals surface area contributed by atoms with E-state index >= 15 is 4.39 Å². The first kappa shape index (κ1) is 24.0. The SMILES string of the molecule is Cc1ccc(/C(O)=C2\C(=O)C(=O)N(c3c(C)n(C)n(-c4ccccc4)c3=O)[C@H]2c2ccccc2F)cc1. The first-order valence-corrected chi connectivity index (χ1v) is 11.7. The number of rotatable bonds is 4. The van der Waals surface area contributed by atoms with Crippen molar-refractivity contribution in [2.45, 2.75) is 19.9 Å². The van der Waals surface area contributed by atoms with Crippen molar-refractivity contribution in [3.63, 3.8) is 0 Å². The average molecular weight is 498 g/mol. The van der Waals surface area contributed by atoms with Gasteiger partial charge >= 0.3 is 0 Å². The Hall–Kier alpha value is -4.72. The van der Waals surface area contributed by atoms with E-state index in [9.17, 15) is 19.5 Å². The molecule has 3 aromatic carbocycles. The molecule has 0 aliphatic carbocycles. The molecule has 186 valence electrons. The van der Waals surface area contributed by atoms with Crippen molar-refractivity contribution in [1.29, 1.82) is 0 Å². The Labute approximate surface area is 212 Å². The molecule has 5 rings (SSSR count). The number of hydrogen-bond acceptors (Lipinski definition) is 4. The van der Waals surface area contributed by atoms with Crippen LogP contribution in [0.4, 0.5) is 10.1 Å². The highest BCUT2D eigenvalue weighted by atomic mass is 19.1. The second-order valence-electron chi connectivity index (χ2n) is 8.97. The molecule has 0 saturated carbocycles. The molecule has 37 heavy (non-hydrogen) atoms. The fraction of sp³-hybridized carbons (Fsp3) is 0.138. The van der Waals surface area contributed by atoms with E-state index in [1.807, 2.05) is 13.0 Å². The van der Waals surface area contributed by atoms with E-state index in [1.54, 1.807) is 73.3 Å². The van der Waals surface area contributed by atoms with Gasteiger partial charge in [-0.1, -0.05) is 66.2 Å². The summed E-state index contributed by atoms with van der Waals surface area (Å²) in [6.07, 6.45) is 0. The van der Waals surface area contributed by atoms with Crippen molar-refractivity contribution < 1.29 is 19.1 Å². The van der Waals surface area contributed by atoms with Gasteiger partial charge in [0.2, 0.25) is 0 Å². The summed E-state index contributed by atoms with van der Waals surface area (Å²) < 4.78 is 18.1. The van der Waals surface area contributed by atoms with Crippen molar-refractivity contribution in [2.75, 3.05) is 4.90 Å². The first-order valence-electron chi connectivity index (χ1n) is 11.7. The third-order valence-corrected chi connectivity index (χ3v) is 6.73. The molecule has 0 bridgehead atoms. The Morgan fingerprint density at radius 2 is 1.49 bits per heavy atom. The molecule has 1 N–H and O–H groups in total. The lowest BCUT2D eigenvalue weighted by molar-refractivity contribution is -0.132. The predicted molar refractivity (Wildman–Crippen MR) is 138 cm³/mol. The van der Waals surface area contributed by atoms with Gasteiger partial charge in [0.15, 0.2) is 0 Å². The quantitative estimate of drug-likeness (QED) is 0.255. The lowest BCUT2D eigenvalue weighted by Crippen LogP contribution is -2.34. The Balaban J connectivity index is 1.80. The van der Waals surface area contributed by atoms with Crippen LogP contribution in [-0.2, 0) is 16.6 Å². The number of anilines is 1. The smallest absolute Gasteiger partial charge is 0.300 e. The zero-order chi connectivity index (χ0) is 26.4. The lowest BCUT2D eigenvalue weighted by atomic mass is 9.94. The van der Waals surface area contributed by atoms with Crippen molar-refractivity contribution >= 4 is 23.1 Å². The molecule has 2 heterocycles. The number of Topliss-reactive ketones (excluding diaryl/α,β-unsaturated/α-hetero) is 1. The fourth-order valence-corrected chi connectivity index (χ4v) is 4.75. The molecule has 8 heteroatoms. The van der Waals surface area contributed by atoms with Crippen molar-refractivity contribution in [3.8, 4) is 5.69 Å². The number of aryl methyl sites for hydroxylation is 1. The van der Waals surface area contributed by atoms with Crippen LogP contribution in [0.25, 0.3) is 11.4 Å². The Kier molecular flexibility index (Phi) is 5.87. The number of amides is 1. The molecule has 0 spiro atoms. The Morgan fingerprint density at radius 3 is 2.14 bits per heavy atom. The highest BCUT2D eigenvalue weighted by Gasteiger charge is 2.49. The van der Waals surface area contributed by atoms with E-state index in [1.165, 1.54) is 22.9 Å². The zero-order valence-electron chi connectivity index (χ0n) is 20.5. The molecule has 0 radical (unpaired) electrons. The van der Waals surface area contributed by atoms with Crippen LogP contribution >= 0.6 is 0 Å². The standard InChI is InChI=1S/C29H24FN3O4/c1-17-13-15-19(16-14-17)26(34)23-25(21-11-7-8-12-22(21)30)32(29(37)27(23)35)24-18(2)31(3)33(28(24)36)20-9-5-4-6-10-20/h4-16,25,34H,1-3H3/b26-23+/t25-/m0/s1.